The Morgan fingerprint density at radius 1 is 0.357 bits per heavy atom. The Hall–Kier alpha value is -5.63. The van der Waals surface area contributed by atoms with Crippen LogP contribution >= 0.6 is 11.8 Å². The quantitative estimate of drug-likeness (QED) is 0.170. The summed E-state index contributed by atoms with van der Waals surface area (Å²) in [5, 5.41) is 2.67. The summed E-state index contributed by atoms with van der Waals surface area (Å²) in [5.74, 6) is 0. The third kappa shape index (κ3) is 4.68. The third-order valence-corrected chi connectivity index (χ3v) is 14.0. The molecule has 1 aliphatic heterocycles. The first kappa shape index (κ1) is 33.7. The standard InChI is InChI=1S/C55H44S/c1-53(2,3)36-22-25-41-42-26-23-37(54(4,5)6)32-49(42)55(48(41)31-36)46-19-9-7-15-39(46)40-24-21-34(30-47(40)55)33-13-11-14-35(29-33)38-27-28-51-52-44(38)17-12-18-45(52)43-16-8-10-20-50(43)56-51/h7-32H,1-6H3. The van der Waals surface area contributed by atoms with E-state index in [1.165, 1.54) is 110 Å². The van der Waals surface area contributed by atoms with Gasteiger partial charge in [0.2, 0.25) is 0 Å². The molecule has 2 aliphatic carbocycles. The van der Waals surface area contributed by atoms with Crippen molar-refractivity contribution in [1.29, 1.82) is 0 Å². The van der Waals surface area contributed by atoms with Gasteiger partial charge >= 0.3 is 0 Å². The van der Waals surface area contributed by atoms with Gasteiger partial charge in [-0.2, -0.15) is 0 Å². The van der Waals surface area contributed by atoms with Crippen LogP contribution in [0.1, 0.15) is 74.9 Å². The molecule has 0 radical (unpaired) electrons. The smallest absolute Gasteiger partial charge is 0.0725 e. The highest BCUT2D eigenvalue weighted by Gasteiger charge is 2.52. The lowest BCUT2D eigenvalue weighted by Gasteiger charge is -2.33. The third-order valence-electron chi connectivity index (χ3n) is 12.8. The molecule has 0 bridgehead atoms. The Kier molecular flexibility index (Phi) is 7.04. The van der Waals surface area contributed by atoms with Crippen molar-refractivity contribution in [3.63, 3.8) is 0 Å². The summed E-state index contributed by atoms with van der Waals surface area (Å²) in [6, 6.07) is 60.7. The van der Waals surface area contributed by atoms with Gasteiger partial charge in [0.05, 0.1) is 5.41 Å². The van der Waals surface area contributed by atoms with Gasteiger partial charge in [0.25, 0.3) is 0 Å². The molecule has 8 aromatic rings. The van der Waals surface area contributed by atoms with E-state index in [0.29, 0.717) is 0 Å². The van der Waals surface area contributed by atoms with Crippen LogP contribution in [0.2, 0.25) is 0 Å². The van der Waals surface area contributed by atoms with Gasteiger partial charge < -0.3 is 0 Å². The SMILES string of the molecule is CC(C)(C)c1ccc2c(c1)C1(c3ccccc3-c3ccc(-c4cccc(-c5ccc6c7c(cccc57)-c5ccccc5S6)c4)cc31)c1cc(C(C)(C)C)ccc1-2. The van der Waals surface area contributed by atoms with Crippen molar-refractivity contribution in [3.05, 3.63) is 191 Å². The topological polar surface area (TPSA) is 0 Å². The van der Waals surface area contributed by atoms with Crippen molar-refractivity contribution >= 4 is 22.5 Å². The molecular formula is C55H44S. The molecule has 1 spiro atoms. The molecule has 56 heavy (non-hydrogen) atoms. The highest BCUT2D eigenvalue weighted by Crippen LogP contribution is 2.64. The molecular weight excluding hydrogens is 693 g/mol. The van der Waals surface area contributed by atoms with Crippen LogP contribution in [0.3, 0.4) is 0 Å². The molecule has 11 rings (SSSR count). The molecule has 0 atom stereocenters. The predicted molar refractivity (Wildman–Crippen MR) is 238 cm³/mol. The Bertz CT molecular complexity index is 2900. The molecule has 0 aromatic heterocycles. The van der Waals surface area contributed by atoms with Gasteiger partial charge in [-0.1, -0.05) is 187 Å². The highest BCUT2D eigenvalue weighted by atomic mass is 32.2. The normalized spacial score (nSPS) is 14.3. The monoisotopic (exact) mass is 736 g/mol. The molecule has 270 valence electrons. The van der Waals surface area contributed by atoms with Gasteiger partial charge in [0.1, 0.15) is 0 Å². The zero-order chi connectivity index (χ0) is 38.1. The first-order valence-electron chi connectivity index (χ1n) is 20.0. The minimum absolute atomic E-state index is 0.0225. The van der Waals surface area contributed by atoms with Gasteiger partial charge in [0, 0.05) is 15.2 Å². The van der Waals surface area contributed by atoms with Crippen molar-refractivity contribution in [2.75, 3.05) is 0 Å². The molecule has 0 amide bonds. The maximum absolute atomic E-state index is 2.54. The van der Waals surface area contributed by atoms with Crippen molar-refractivity contribution < 1.29 is 0 Å². The summed E-state index contributed by atoms with van der Waals surface area (Å²) in [5.41, 5.74) is 21.0. The first-order valence-corrected chi connectivity index (χ1v) is 20.8. The molecule has 8 aromatic carbocycles. The zero-order valence-electron chi connectivity index (χ0n) is 32.9. The van der Waals surface area contributed by atoms with Crippen molar-refractivity contribution in [1.82, 2.24) is 0 Å². The number of hydrogen-bond acceptors (Lipinski definition) is 1. The minimum Gasteiger partial charge on any atom is -0.0888 e. The van der Waals surface area contributed by atoms with E-state index >= 15 is 0 Å². The van der Waals surface area contributed by atoms with E-state index in [0.717, 1.165) is 0 Å². The Balaban J connectivity index is 1.13. The summed E-state index contributed by atoms with van der Waals surface area (Å²) < 4.78 is 0. The van der Waals surface area contributed by atoms with E-state index in [4.69, 9.17) is 0 Å². The summed E-state index contributed by atoms with van der Waals surface area (Å²) in [6.07, 6.45) is 0. The van der Waals surface area contributed by atoms with Gasteiger partial charge in [-0.05, 0) is 129 Å². The Morgan fingerprint density at radius 2 is 0.893 bits per heavy atom. The molecule has 1 heteroatoms. The highest BCUT2D eigenvalue weighted by molar-refractivity contribution is 7.99. The van der Waals surface area contributed by atoms with Gasteiger partial charge in [0.15, 0.2) is 0 Å². The zero-order valence-corrected chi connectivity index (χ0v) is 33.7. The van der Waals surface area contributed by atoms with Gasteiger partial charge in [-0.15, -0.1) is 0 Å². The van der Waals surface area contributed by atoms with Crippen LogP contribution in [0.25, 0.3) is 66.4 Å². The van der Waals surface area contributed by atoms with Crippen LogP contribution in [0, 0.1) is 0 Å². The molecule has 1 heterocycles. The van der Waals surface area contributed by atoms with E-state index in [2.05, 4.69) is 199 Å². The summed E-state index contributed by atoms with van der Waals surface area (Å²) >= 11 is 1.89. The lowest BCUT2D eigenvalue weighted by Crippen LogP contribution is -2.27. The van der Waals surface area contributed by atoms with Crippen LogP contribution in [0.15, 0.2) is 168 Å². The van der Waals surface area contributed by atoms with Crippen LogP contribution < -0.4 is 0 Å². The molecule has 0 N–H and O–H groups in total. The number of fused-ring (bicyclic) bond motifs is 12. The average Bonchev–Trinajstić information content (AvgIpc) is 3.67. The van der Waals surface area contributed by atoms with E-state index in [-0.39, 0.29) is 10.8 Å². The molecule has 0 saturated carbocycles. The second-order valence-corrected chi connectivity index (χ2v) is 19.2. The van der Waals surface area contributed by atoms with E-state index in [1.54, 1.807) is 0 Å². The first-order chi connectivity index (χ1) is 27.0. The summed E-state index contributed by atoms with van der Waals surface area (Å²) in [4.78, 5) is 2.66. The van der Waals surface area contributed by atoms with Gasteiger partial charge in [-0.3, -0.25) is 0 Å². The van der Waals surface area contributed by atoms with Crippen LogP contribution in [-0.4, -0.2) is 0 Å². The second-order valence-electron chi connectivity index (χ2n) is 18.1. The Morgan fingerprint density at radius 3 is 1.61 bits per heavy atom. The maximum Gasteiger partial charge on any atom is 0.0725 e. The summed E-state index contributed by atoms with van der Waals surface area (Å²) in [7, 11) is 0. The van der Waals surface area contributed by atoms with E-state index < -0.39 is 5.41 Å². The molecule has 3 aliphatic rings. The Labute approximate surface area is 335 Å². The number of rotatable bonds is 2. The number of benzene rings is 8. The second kappa shape index (κ2) is 11.7. The predicted octanol–water partition coefficient (Wildman–Crippen LogP) is 15.2. The molecule has 0 saturated heterocycles. The number of hydrogen-bond donors (Lipinski definition) is 0. The van der Waals surface area contributed by atoms with Gasteiger partial charge in [-0.25, -0.2) is 0 Å². The fourth-order valence-electron chi connectivity index (χ4n) is 9.99. The largest absolute Gasteiger partial charge is 0.0888 e. The lowest BCUT2D eigenvalue weighted by molar-refractivity contribution is 0.586. The fraction of sp³-hybridized carbons (Fsp3) is 0.164. The maximum atomic E-state index is 2.54. The van der Waals surface area contributed by atoms with Crippen molar-refractivity contribution in [3.8, 4) is 55.6 Å². The minimum atomic E-state index is -0.420. The average molecular weight is 737 g/mol. The van der Waals surface area contributed by atoms with E-state index in [1.807, 2.05) is 11.8 Å². The van der Waals surface area contributed by atoms with Crippen molar-refractivity contribution in [2.24, 2.45) is 0 Å². The molecule has 0 fully saturated rings. The van der Waals surface area contributed by atoms with E-state index in [9.17, 15) is 0 Å². The van der Waals surface area contributed by atoms with Crippen molar-refractivity contribution in [2.45, 2.75) is 67.6 Å². The molecule has 0 nitrogen and oxygen atoms in total. The van der Waals surface area contributed by atoms with Crippen LogP contribution in [0.4, 0.5) is 0 Å². The summed E-state index contributed by atoms with van der Waals surface area (Å²) in [6.45, 7) is 14.0. The van der Waals surface area contributed by atoms with Crippen LogP contribution in [-0.2, 0) is 16.2 Å². The molecule has 0 unspecified atom stereocenters. The lowest BCUT2D eigenvalue weighted by atomic mass is 9.68. The van der Waals surface area contributed by atoms with Crippen LogP contribution in [0.5, 0.6) is 0 Å². The fourth-order valence-corrected chi connectivity index (χ4v) is 11.1.